The molecule has 0 aliphatic rings. The third kappa shape index (κ3) is 31.4. The molecule has 0 radical (unpaired) electrons. The molecule has 1 unspecified atom stereocenters. The number of ether oxygens (including phenoxy) is 3. The zero-order valence-corrected chi connectivity index (χ0v) is 24.0. The fraction of sp³-hybridized carbons (Fsp3) is 0.840. The summed E-state index contributed by atoms with van der Waals surface area (Å²) in [5.74, 6) is 0.388. The summed E-state index contributed by atoms with van der Waals surface area (Å²) in [5, 5.41) is 2.94. The van der Waals surface area contributed by atoms with E-state index in [1.54, 1.807) is 0 Å². The van der Waals surface area contributed by atoms with Crippen molar-refractivity contribution in [2.45, 2.75) is 85.0 Å². The van der Waals surface area contributed by atoms with E-state index in [1.807, 2.05) is 20.3 Å². The molecule has 1 atom stereocenters. The van der Waals surface area contributed by atoms with Gasteiger partial charge in [0.25, 0.3) is 0 Å². The smallest absolute Gasteiger partial charge is 0.379 e. The van der Waals surface area contributed by atoms with Crippen LogP contribution in [0.3, 0.4) is 0 Å². The summed E-state index contributed by atoms with van der Waals surface area (Å²) in [5.41, 5.74) is 0. The third-order valence-electron chi connectivity index (χ3n) is 4.93. The number of ketones is 1. The molecule has 8 nitrogen and oxygen atoms in total. The second-order valence-corrected chi connectivity index (χ2v) is 7.92. The predicted octanol–water partition coefficient (Wildman–Crippen LogP) is 0.923. The van der Waals surface area contributed by atoms with Gasteiger partial charge < -0.3 is 30.7 Å². The fourth-order valence-electron chi connectivity index (χ4n) is 3.02. The van der Waals surface area contributed by atoms with E-state index in [1.165, 1.54) is 38.5 Å². The Morgan fingerprint density at radius 1 is 0.853 bits per heavy atom. The van der Waals surface area contributed by atoms with Crippen molar-refractivity contribution in [2.75, 3.05) is 46.2 Å². The topological polar surface area (TPSA) is 108 Å². The van der Waals surface area contributed by atoms with E-state index < -0.39 is 0 Å². The van der Waals surface area contributed by atoms with Gasteiger partial charge >= 0.3 is 35.7 Å². The molecule has 0 bridgehead atoms. The Kier molecular flexibility index (Phi) is 36.2. The van der Waals surface area contributed by atoms with Gasteiger partial charge in [-0.15, -0.1) is 6.42 Å². The van der Waals surface area contributed by atoms with Gasteiger partial charge in [0.2, 0.25) is 5.91 Å². The first kappa shape index (κ1) is 37.9. The van der Waals surface area contributed by atoms with E-state index in [4.69, 9.17) is 23.8 Å². The van der Waals surface area contributed by atoms with Crippen molar-refractivity contribution < 1.29 is 62.9 Å². The molecule has 0 heterocycles. The molecule has 0 rings (SSSR count). The van der Waals surface area contributed by atoms with Gasteiger partial charge in [0.15, 0.2) is 0 Å². The summed E-state index contributed by atoms with van der Waals surface area (Å²) in [6, 6.07) is 0. The van der Waals surface area contributed by atoms with Crippen LogP contribution in [-0.4, -0.2) is 64.0 Å². The predicted molar refractivity (Wildman–Crippen MR) is 126 cm³/mol. The van der Waals surface area contributed by atoms with Crippen LogP contribution in [0, 0.1) is 12.3 Å². The second-order valence-electron chi connectivity index (χ2n) is 7.92. The maximum Gasteiger partial charge on any atom is 1.00 e. The normalized spacial score (nSPS) is 10.9. The van der Waals surface area contributed by atoms with Crippen LogP contribution in [0.1, 0.15) is 85.0 Å². The monoisotopic (exact) mass is 495 g/mol. The minimum Gasteiger partial charge on any atom is -0.379 e. The van der Waals surface area contributed by atoms with Crippen LogP contribution < -0.4 is 34.9 Å². The van der Waals surface area contributed by atoms with Gasteiger partial charge in [-0.2, -0.15) is 16.5 Å². The van der Waals surface area contributed by atoms with Crippen LogP contribution in [0.15, 0.2) is 0 Å². The molecule has 1 N–H and O–H groups in total. The molecule has 34 heavy (non-hydrogen) atoms. The van der Waals surface area contributed by atoms with Crippen LogP contribution in [0.2, 0.25) is 0 Å². The van der Waals surface area contributed by atoms with Crippen molar-refractivity contribution >= 4 is 17.8 Å². The first-order valence-electron chi connectivity index (χ1n) is 12.3. The number of nitrogens with one attached hydrogen (secondary N) is 1. The van der Waals surface area contributed by atoms with Crippen molar-refractivity contribution in [2.24, 2.45) is 5.92 Å². The molecule has 0 aromatic carbocycles. The Labute approximate surface area is 228 Å². The molecular formula is C25H46NNaO7. The summed E-state index contributed by atoms with van der Waals surface area (Å²) in [6.07, 6.45) is 13.0. The zero-order chi connectivity index (χ0) is 25.0. The van der Waals surface area contributed by atoms with E-state index >= 15 is 0 Å². The van der Waals surface area contributed by atoms with E-state index in [0.29, 0.717) is 59.0 Å². The van der Waals surface area contributed by atoms with Crippen molar-refractivity contribution in [3.8, 4) is 0 Å². The van der Waals surface area contributed by atoms with Crippen molar-refractivity contribution in [3.63, 3.8) is 0 Å². The van der Waals surface area contributed by atoms with Crippen LogP contribution in [0.5, 0.6) is 0 Å². The van der Waals surface area contributed by atoms with E-state index in [0.717, 1.165) is 12.8 Å². The summed E-state index contributed by atoms with van der Waals surface area (Å²) in [6.45, 7) is 9.55. The largest absolute Gasteiger partial charge is 1.00 e. The maximum absolute atomic E-state index is 12.1. The summed E-state index contributed by atoms with van der Waals surface area (Å²) >= 11 is 0. The maximum atomic E-state index is 12.1. The van der Waals surface area contributed by atoms with Gasteiger partial charge in [0.05, 0.1) is 39.6 Å². The van der Waals surface area contributed by atoms with Crippen LogP contribution in [0.25, 0.3) is 0 Å². The van der Waals surface area contributed by atoms with Crippen LogP contribution >= 0.6 is 0 Å². The number of carbonyl (C=O) groups excluding carboxylic acids is 4. The zero-order valence-electron chi connectivity index (χ0n) is 22.0. The van der Waals surface area contributed by atoms with E-state index in [9.17, 15) is 9.59 Å². The average molecular weight is 496 g/mol. The van der Waals surface area contributed by atoms with Gasteiger partial charge in [-0.05, 0) is 6.42 Å². The SMILES string of the molecule is C[CH-]CC(=O)CCOCCOCCOCCNC(=O)C(C)CCCCCCCCC.O=C=O.[Na+]. The molecule has 0 saturated heterocycles. The number of hydrogen-bond donors (Lipinski definition) is 1. The average Bonchev–Trinajstić information content (AvgIpc) is 2.79. The Hall–Kier alpha value is -0.600. The van der Waals surface area contributed by atoms with Crippen LogP contribution in [0.4, 0.5) is 0 Å². The van der Waals surface area contributed by atoms with Gasteiger partial charge in [0, 0.05) is 18.9 Å². The minimum absolute atomic E-state index is 0. The number of rotatable bonds is 23. The van der Waals surface area contributed by atoms with Gasteiger partial charge in [0.1, 0.15) is 5.78 Å². The Balaban J connectivity index is -0.00000227. The molecule has 9 heteroatoms. The molecule has 0 aliphatic heterocycles. The Morgan fingerprint density at radius 2 is 1.35 bits per heavy atom. The molecule has 0 aromatic heterocycles. The molecule has 1 amide bonds. The minimum atomic E-state index is 0. The quantitative estimate of drug-likeness (QED) is 0.128. The van der Waals surface area contributed by atoms with Crippen molar-refractivity contribution in [3.05, 3.63) is 6.42 Å². The number of carbonyl (C=O) groups is 2. The Morgan fingerprint density at radius 3 is 1.91 bits per heavy atom. The molecule has 0 aromatic rings. The van der Waals surface area contributed by atoms with Gasteiger partial charge in [-0.1, -0.05) is 58.8 Å². The number of Topliss-reactive ketones (excluding diaryl/α,β-unsaturated/α-hetero) is 1. The van der Waals surface area contributed by atoms with Gasteiger partial charge in [-0.3, -0.25) is 4.79 Å². The molecule has 0 fully saturated rings. The van der Waals surface area contributed by atoms with Gasteiger partial charge in [-0.25, -0.2) is 0 Å². The fourth-order valence-corrected chi connectivity index (χ4v) is 3.02. The molecule has 0 spiro atoms. The van der Waals surface area contributed by atoms with Crippen molar-refractivity contribution in [1.29, 1.82) is 0 Å². The standard InChI is InChI=1S/C24H46NO5.CO2.Na/c1-4-6-7-8-9-10-11-13-22(3)24(27)25-15-17-29-19-21-30-20-18-28-16-14-23(26)12-5-2;2-1-3;/h5,22H,4,6-21H2,1-3H3,(H,25,27);;/q-1;;+1. The van der Waals surface area contributed by atoms with E-state index in [2.05, 4.69) is 12.2 Å². The Bertz CT molecular complexity index is 486. The third-order valence-corrected chi connectivity index (χ3v) is 4.93. The molecule has 194 valence electrons. The second kappa shape index (κ2) is 32.4. The first-order valence-corrected chi connectivity index (χ1v) is 12.3. The number of hydrogen-bond acceptors (Lipinski definition) is 7. The van der Waals surface area contributed by atoms with Crippen molar-refractivity contribution in [1.82, 2.24) is 5.32 Å². The summed E-state index contributed by atoms with van der Waals surface area (Å²) in [7, 11) is 0. The van der Waals surface area contributed by atoms with Crippen LogP contribution in [-0.2, 0) is 33.4 Å². The summed E-state index contributed by atoms with van der Waals surface area (Å²) in [4.78, 5) is 39.6. The molecule has 0 saturated carbocycles. The molecular weight excluding hydrogens is 449 g/mol. The first-order chi connectivity index (χ1) is 16.0. The van der Waals surface area contributed by atoms with E-state index in [-0.39, 0.29) is 53.3 Å². The summed E-state index contributed by atoms with van der Waals surface area (Å²) < 4.78 is 16.2. The number of unbranched alkanes of at least 4 members (excludes halogenated alkanes) is 6. The number of amides is 1. The molecule has 0 aliphatic carbocycles.